The van der Waals surface area contributed by atoms with Crippen LogP contribution in [-0.2, 0) is 19.2 Å². The van der Waals surface area contributed by atoms with E-state index >= 15 is 0 Å². The molecule has 0 aromatic rings. The number of rotatable bonds is 1. The third-order valence-electron chi connectivity index (χ3n) is 2.25. The van der Waals surface area contributed by atoms with Crippen molar-refractivity contribution in [3.05, 3.63) is 0 Å². The molecule has 18 heavy (non-hydrogen) atoms. The van der Waals surface area contributed by atoms with Gasteiger partial charge >= 0.3 is 6.16 Å². The fourth-order valence-corrected chi connectivity index (χ4v) is 1.58. The fraction of sp³-hybridized carbons (Fsp3) is 0.444. The van der Waals surface area contributed by atoms with Crippen molar-refractivity contribution in [2.45, 2.75) is 25.7 Å². The number of carbonyl (C=O) groups is 5. The number of carboxylic acid groups (broad SMARTS) is 2. The van der Waals surface area contributed by atoms with E-state index in [0.29, 0.717) is 10.0 Å². The van der Waals surface area contributed by atoms with Crippen LogP contribution in [0.4, 0.5) is 4.79 Å². The van der Waals surface area contributed by atoms with E-state index in [1.165, 1.54) is 0 Å². The van der Waals surface area contributed by atoms with Crippen molar-refractivity contribution in [2.75, 3.05) is 0 Å². The van der Waals surface area contributed by atoms with Gasteiger partial charge in [-0.15, -0.1) is 0 Å². The van der Waals surface area contributed by atoms with Crippen LogP contribution >= 0.6 is 0 Å². The minimum Gasteiger partial charge on any atom is -0.450 e. The predicted octanol–water partition coefficient (Wildman–Crippen LogP) is -0.578. The second kappa shape index (κ2) is 5.25. The molecule has 0 aromatic carbocycles. The lowest BCUT2D eigenvalue weighted by atomic mass is 10.4. The van der Waals surface area contributed by atoms with Gasteiger partial charge in [-0.05, 0) is 0 Å². The van der Waals surface area contributed by atoms with E-state index in [1.54, 1.807) is 0 Å². The number of amides is 4. The molecule has 2 fully saturated rings. The van der Waals surface area contributed by atoms with E-state index in [-0.39, 0.29) is 25.7 Å². The van der Waals surface area contributed by atoms with Crippen molar-refractivity contribution in [1.82, 2.24) is 10.0 Å². The second-order valence-electron chi connectivity index (χ2n) is 3.48. The van der Waals surface area contributed by atoms with Gasteiger partial charge in [0.2, 0.25) is 23.6 Å². The molecule has 2 saturated heterocycles. The summed E-state index contributed by atoms with van der Waals surface area (Å²) in [5.74, 6) is -1.89. The number of hydrazine groups is 1. The molecule has 2 N–H and O–H groups in total. The Morgan fingerprint density at radius 2 is 0.889 bits per heavy atom. The average molecular weight is 258 g/mol. The molecule has 0 spiro atoms. The summed E-state index contributed by atoms with van der Waals surface area (Å²) in [6.07, 6.45) is -1.52. The summed E-state index contributed by atoms with van der Waals surface area (Å²) in [5.41, 5.74) is 0. The molecule has 9 nitrogen and oxygen atoms in total. The predicted molar refractivity (Wildman–Crippen MR) is 52.8 cm³/mol. The highest BCUT2D eigenvalue weighted by atomic mass is 16.6. The molecule has 0 radical (unpaired) electrons. The van der Waals surface area contributed by atoms with Crippen molar-refractivity contribution in [3.8, 4) is 0 Å². The first kappa shape index (κ1) is 13.6. The Morgan fingerprint density at radius 3 is 1.06 bits per heavy atom. The zero-order chi connectivity index (χ0) is 13.9. The van der Waals surface area contributed by atoms with E-state index in [1.807, 2.05) is 0 Å². The van der Waals surface area contributed by atoms with E-state index in [0.717, 1.165) is 0 Å². The minimum atomic E-state index is -1.83. The van der Waals surface area contributed by atoms with Crippen LogP contribution in [0.3, 0.4) is 0 Å². The summed E-state index contributed by atoms with van der Waals surface area (Å²) < 4.78 is 0. The van der Waals surface area contributed by atoms with Crippen LogP contribution in [0, 0.1) is 0 Å². The highest BCUT2D eigenvalue weighted by Crippen LogP contribution is 2.21. The largest absolute Gasteiger partial charge is 0.503 e. The van der Waals surface area contributed by atoms with E-state index in [2.05, 4.69) is 0 Å². The average Bonchev–Trinajstić information content (AvgIpc) is 2.72. The third kappa shape index (κ3) is 2.81. The van der Waals surface area contributed by atoms with Gasteiger partial charge < -0.3 is 10.2 Å². The van der Waals surface area contributed by atoms with Crippen LogP contribution < -0.4 is 0 Å². The summed E-state index contributed by atoms with van der Waals surface area (Å²) in [4.78, 5) is 53.4. The second-order valence-corrected chi connectivity index (χ2v) is 3.48. The van der Waals surface area contributed by atoms with E-state index in [9.17, 15) is 19.2 Å². The Kier molecular flexibility index (Phi) is 3.97. The van der Waals surface area contributed by atoms with Crippen molar-refractivity contribution in [3.63, 3.8) is 0 Å². The van der Waals surface area contributed by atoms with Gasteiger partial charge in [0, 0.05) is 25.7 Å². The van der Waals surface area contributed by atoms with Crippen LogP contribution in [-0.4, -0.2) is 50.0 Å². The van der Waals surface area contributed by atoms with Crippen LogP contribution in [0.5, 0.6) is 0 Å². The zero-order valence-corrected chi connectivity index (χ0v) is 9.16. The number of imide groups is 2. The summed E-state index contributed by atoms with van der Waals surface area (Å²) in [6.45, 7) is 0. The molecule has 9 heteroatoms. The highest BCUT2D eigenvalue weighted by Gasteiger charge is 2.42. The lowest BCUT2D eigenvalue weighted by Gasteiger charge is -2.22. The Balaban J connectivity index is 0.000000357. The molecule has 0 atom stereocenters. The normalized spacial score (nSPS) is 19.1. The summed E-state index contributed by atoms with van der Waals surface area (Å²) >= 11 is 0. The third-order valence-corrected chi connectivity index (χ3v) is 2.25. The Hall–Kier alpha value is -2.45. The Morgan fingerprint density at radius 1 is 0.722 bits per heavy atom. The Labute approximate surface area is 101 Å². The number of nitrogens with zero attached hydrogens (tertiary/aromatic N) is 2. The molecular weight excluding hydrogens is 248 g/mol. The lowest BCUT2D eigenvalue weighted by Crippen LogP contribution is -2.48. The molecule has 0 bridgehead atoms. The van der Waals surface area contributed by atoms with Gasteiger partial charge in [-0.3, -0.25) is 19.2 Å². The van der Waals surface area contributed by atoms with Crippen LogP contribution in [0.1, 0.15) is 25.7 Å². The van der Waals surface area contributed by atoms with Crippen LogP contribution in [0.2, 0.25) is 0 Å². The first-order chi connectivity index (χ1) is 8.34. The van der Waals surface area contributed by atoms with Crippen molar-refractivity contribution in [2.24, 2.45) is 0 Å². The van der Waals surface area contributed by atoms with Gasteiger partial charge in [-0.1, -0.05) is 0 Å². The topological polar surface area (TPSA) is 132 Å². The van der Waals surface area contributed by atoms with Crippen molar-refractivity contribution >= 4 is 29.8 Å². The van der Waals surface area contributed by atoms with Gasteiger partial charge in [0.25, 0.3) is 0 Å². The summed E-state index contributed by atoms with van der Waals surface area (Å²) in [7, 11) is 0. The van der Waals surface area contributed by atoms with Crippen molar-refractivity contribution < 1.29 is 34.2 Å². The maximum absolute atomic E-state index is 11.2. The van der Waals surface area contributed by atoms with E-state index in [4.69, 9.17) is 15.0 Å². The molecule has 4 amide bonds. The molecule has 2 aliphatic heterocycles. The quantitative estimate of drug-likeness (QED) is 0.601. The first-order valence-electron chi connectivity index (χ1n) is 4.98. The molecule has 0 aliphatic carbocycles. The lowest BCUT2D eigenvalue weighted by molar-refractivity contribution is -0.171. The molecular formula is C9H10N2O7. The van der Waals surface area contributed by atoms with Gasteiger partial charge in [0.1, 0.15) is 0 Å². The van der Waals surface area contributed by atoms with Gasteiger partial charge in [0.15, 0.2) is 0 Å². The number of hydrogen-bond donors (Lipinski definition) is 2. The maximum Gasteiger partial charge on any atom is 0.503 e. The molecule has 0 unspecified atom stereocenters. The molecule has 0 saturated carbocycles. The monoisotopic (exact) mass is 258 g/mol. The Bertz CT molecular complexity index is 361. The fourth-order valence-electron chi connectivity index (χ4n) is 1.58. The van der Waals surface area contributed by atoms with Gasteiger partial charge in [-0.2, -0.15) is 10.0 Å². The standard InChI is InChI=1S/C8H8N2O4.CH2O3/c11-5-1-2-6(12)9(5)10-7(13)3-4-8(10)14;2-1(3)4/h1-4H2;(H2,2,3,4). The van der Waals surface area contributed by atoms with Crippen LogP contribution in [0.15, 0.2) is 0 Å². The minimum absolute atomic E-state index is 0.0793. The summed E-state index contributed by atoms with van der Waals surface area (Å²) in [6, 6.07) is 0. The molecule has 2 heterocycles. The maximum atomic E-state index is 11.2. The van der Waals surface area contributed by atoms with Crippen molar-refractivity contribution in [1.29, 1.82) is 0 Å². The van der Waals surface area contributed by atoms with Gasteiger partial charge in [0.05, 0.1) is 0 Å². The molecule has 0 aromatic heterocycles. The first-order valence-corrected chi connectivity index (χ1v) is 4.98. The zero-order valence-electron chi connectivity index (χ0n) is 9.16. The smallest absolute Gasteiger partial charge is 0.450 e. The number of hydrogen-bond acceptors (Lipinski definition) is 5. The SMILES string of the molecule is O=C(O)O.O=C1CCC(=O)N1N1C(=O)CCC1=O. The number of carbonyl (C=O) groups excluding carboxylic acids is 4. The molecule has 2 aliphatic rings. The highest BCUT2D eigenvalue weighted by molar-refractivity contribution is 6.10. The summed E-state index contributed by atoms with van der Waals surface area (Å²) in [5, 5.41) is 15.3. The van der Waals surface area contributed by atoms with Crippen LogP contribution in [0.25, 0.3) is 0 Å². The van der Waals surface area contributed by atoms with E-state index < -0.39 is 29.8 Å². The molecule has 2 rings (SSSR count). The van der Waals surface area contributed by atoms with Gasteiger partial charge in [-0.25, -0.2) is 4.79 Å². The molecule has 98 valence electrons.